The molecule has 0 unspecified atom stereocenters. The molecule has 2 rings (SSSR count). The van der Waals surface area contributed by atoms with Crippen molar-refractivity contribution in [2.24, 2.45) is 0 Å². The summed E-state index contributed by atoms with van der Waals surface area (Å²) in [4.78, 5) is 4.20. The van der Waals surface area contributed by atoms with E-state index in [4.69, 9.17) is 16.3 Å². The van der Waals surface area contributed by atoms with Crippen molar-refractivity contribution in [3.8, 4) is 5.75 Å². The zero-order valence-electron chi connectivity index (χ0n) is 10.6. The van der Waals surface area contributed by atoms with Gasteiger partial charge in [-0.2, -0.15) is 8.78 Å². The standard InChI is InChI=1S/C13H10ClF4NOS/c14-5-7-6-21-10(19-7)2-1-3-20-13-11(17)8(15)4-9(16)12(13)18/h4,6H,1-3,5H2. The van der Waals surface area contributed by atoms with Gasteiger partial charge in [-0.05, 0) is 6.42 Å². The predicted molar refractivity (Wildman–Crippen MR) is 71.8 cm³/mol. The molecule has 0 N–H and O–H groups in total. The third-order valence-corrected chi connectivity index (χ3v) is 3.82. The first-order valence-electron chi connectivity index (χ1n) is 5.98. The molecule has 0 saturated carbocycles. The zero-order valence-corrected chi connectivity index (χ0v) is 12.2. The fourth-order valence-electron chi connectivity index (χ4n) is 1.60. The van der Waals surface area contributed by atoms with Gasteiger partial charge < -0.3 is 4.74 Å². The van der Waals surface area contributed by atoms with Gasteiger partial charge in [0.15, 0.2) is 17.4 Å². The summed E-state index contributed by atoms with van der Waals surface area (Å²) in [6.45, 7) is -0.0908. The minimum atomic E-state index is -1.53. The predicted octanol–water partition coefficient (Wildman–Crippen LogP) is 4.45. The molecule has 1 heterocycles. The minimum Gasteiger partial charge on any atom is -0.487 e. The maximum Gasteiger partial charge on any atom is 0.203 e. The summed E-state index contributed by atoms with van der Waals surface area (Å²) >= 11 is 7.02. The number of hydrogen-bond donors (Lipinski definition) is 0. The van der Waals surface area contributed by atoms with Gasteiger partial charge in [-0.1, -0.05) is 0 Å². The van der Waals surface area contributed by atoms with Crippen molar-refractivity contribution < 1.29 is 22.3 Å². The highest BCUT2D eigenvalue weighted by molar-refractivity contribution is 7.09. The van der Waals surface area contributed by atoms with Gasteiger partial charge in [-0.15, -0.1) is 22.9 Å². The van der Waals surface area contributed by atoms with E-state index in [0.29, 0.717) is 18.7 Å². The van der Waals surface area contributed by atoms with E-state index in [1.165, 1.54) is 11.3 Å². The molecule has 2 nitrogen and oxygen atoms in total. The third kappa shape index (κ3) is 3.85. The average molecular weight is 340 g/mol. The van der Waals surface area contributed by atoms with Gasteiger partial charge in [-0.25, -0.2) is 13.8 Å². The number of halogens is 5. The van der Waals surface area contributed by atoms with E-state index in [9.17, 15) is 17.6 Å². The quantitative estimate of drug-likeness (QED) is 0.336. The highest BCUT2D eigenvalue weighted by Gasteiger charge is 2.20. The number of alkyl halides is 1. The number of benzene rings is 1. The van der Waals surface area contributed by atoms with Gasteiger partial charge in [0.25, 0.3) is 0 Å². The van der Waals surface area contributed by atoms with Crippen LogP contribution in [0.4, 0.5) is 17.6 Å². The lowest BCUT2D eigenvalue weighted by Crippen LogP contribution is -2.06. The lowest BCUT2D eigenvalue weighted by molar-refractivity contribution is 0.267. The summed E-state index contributed by atoms with van der Waals surface area (Å²) in [5, 5.41) is 2.62. The maximum atomic E-state index is 13.3. The van der Waals surface area contributed by atoms with Crippen LogP contribution in [0.5, 0.6) is 5.75 Å². The first kappa shape index (κ1) is 16.0. The molecule has 0 amide bonds. The molecule has 1 aromatic carbocycles. The Hall–Kier alpha value is -1.34. The third-order valence-electron chi connectivity index (χ3n) is 2.59. The molecule has 0 aliphatic carbocycles. The Morgan fingerprint density at radius 1 is 1.14 bits per heavy atom. The molecular weight excluding hydrogens is 330 g/mol. The number of rotatable bonds is 6. The number of aryl methyl sites for hydroxylation is 1. The van der Waals surface area contributed by atoms with Crippen molar-refractivity contribution in [2.45, 2.75) is 18.7 Å². The molecule has 0 saturated heterocycles. The summed E-state index contributed by atoms with van der Waals surface area (Å²) in [5.41, 5.74) is 0.752. The highest BCUT2D eigenvalue weighted by Crippen LogP contribution is 2.26. The molecule has 21 heavy (non-hydrogen) atoms. The smallest absolute Gasteiger partial charge is 0.203 e. The molecule has 0 fully saturated rings. The van der Waals surface area contributed by atoms with Gasteiger partial charge in [0.1, 0.15) is 0 Å². The number of aromatic nitrogens is 1. The fourth-order valence-corrected chi connectivity index (χ4v) is 2.67. The first-order chi connectivity index (χ1) is 10.0. The summed E-state index contributed by atoms with van der Waals surface area (Å²) in [5.74, 6) is -6.77. The molecule has 2 aromatic rings. The second-order valence-electron chi connectivity index (χ2n) is 4.12. The number of thiazole rings is 1. The van der Waals surface area contributed by atoms with Crippen molar-refractivity contribution in [1.29, 1.82) is 0 Å². The molecule has 0 atom stereocenters. The summed E-state index contributed by atoms with van der Waals surface area (Å²) in [7, 11) is 0. The lowest BCUT2D eigenvalue weighted by Gasteiger charge is -2.08. The lowest BCUT2D eigenvalue weighted by atomic mass is 10.3. The molecule has 1 aromatic heterocycles. The van der Waals surface area contributed by atoms with E-state index in [2.05, 4.69) is 4.98 Å². The van der Waals surface area contributed by atoms with Crippen LogP contribution >= 0.6 is 22.9 Å². The number of nitrogens with zero attached hydrogens (tertiary/aromatic N) is 1. The van der Waals surface area contributed by atoms with Gasteiger partial charge >= 0.3 is 0 Å². The van der Waals surface area contributed by atoms with Crippen LogP contribution in [0.15, 0.2) is 11.4 Å². The minimum absolute atomic E-state index is 0.0908. The second-order valence-corrected chi connectivity index (χ2v) is 5.33. The van der Waals surface area contributed by atoms with E-state index >= 15 is 0 Å². The largest absolute Gasteiger partial charge is 0.487 e. The van der Waals surface area contributed by atoms with E-state index in [0.717, 1.165) is 10.7 Å². The first-order valence-corrected chi connectivity index (χ1v) is 7.39. The van der Waals surface area contributed by atoms with Crippen LogP contribution in [-0.4, -0.2) is 11.6 Å². The van der Waals surface area contributed by atoms with Crippen LogP contribution in [0.3, 0.4) is 0 Å². The zero-order chi connectivity index (χ0) is 15.4. The second kappa shape index (κ2) is 7.09. The van der Waals surface area contributed by atoms with E-state index in [-0.39, 0.29) is 12.7 Å². The average Bonchev–Trinajstić information content (AvgIpc) is 2.92. The van der Waals surface area contributed by atoms with Gasteiger partial charge in [0.2, 0.25) is 11.6 Å². The summed E-state index contributed by atoms with van der Waals surface area (Å²) in [6, 6.07) is 0.140. The van der Waals surface area contributed by atoms with Gasteiger partial charge in [0, 0.05) is 17.9 Å². The van der Waals surface area contributed by atoms with Gasteiger partial charge in [-0.3, -0.25) is 0 Å². The normalized spacial score (nSPS) is 10.9. The Bertz CT molecular complexity index is 609. The Balaban J connectivity index is 1.92. The Kier molecular flexibility index (Phi) is 5.41. The summed E-state index contributed by atoms with van der Waals surface area (Å²) in [6.07, 6.45) is 0.912. The van der Waals surface area contributed by atoms with E-state index in [1.807, 2.05) is 5.38 Å². The SMILES string of the molecule is Fc1cc(F)c(F)c(OCCCc2nc(CCl)cs2)c1F. The summed E-state index contributed by atoms with van der Waals surface area (Å²) < 4.78 is 57.3. The van der Waals surface area contributed by atoms with Gasteiger partial charge in [0.05, 0.1) is 23.2 Å². The van der Waals surface area contributed by atoms with Crippen molar-refractivity contribution >= 4 is 22.9 Å². The van der Waals surface area contributed by atoms with Crippen LogP contribution in [0.25, 0.3) is 0 Å². The van der Waals surface area contributed by atoms with Crippen LogP contribution in [0.2, 0.25) is 0 Å². The fraction of sp³-hybridized carbons (Fsp3) is 0.308. The Morgan fingerprint density at radius 2 is 1.81 bits per heavy atom. The molecule has 0 bridgehead atoms. The number of hydrogen-bond acceptors (Lipinski definition) is 3. The van der Waals surface area contributed by atoms with E-state index in [1.54, 1.807) is 0 Å². The van der Waals surface area contributed by atoms with Crippen LogP contribution in [0.1, 0.15) is 17.1 Å². The molecule has 114 valence electrons. The molecule has 0 aliphatic heterocycles. The van der Waals surface area contributed by atoms with Crippen molar-refractivity contribution in [2.75, 3.05) is 6.61 Å². The number of ether oxygens (including phenoxy) is 1. The maximum absolute atomic E-state index is 13.3. The van der Waals surface area contributed by atoms with Crippen LogP contribution in [0, 0.1) is 23.3 Å². The van der Waals surface area contributed by atoms with Crippen LogP contribution < -0.4 is 4.74 Å². The van der Waals surface area contributed by atoms with E-state index < -0.39 is 29.0 Å². The van der Waals surface area contributed by atoms with Crippen molar-refractivity contribution in [3.05, 3.63) is 45.4 Å². The van der Waals surface area contributed by atoms with Crippen molar-refractivity contribution in [1.82, 2.24) is 4.98 Å². The molecular formula is C13H10ClF4NOS. The molecule has 0 spiro atoms. The monoisotopic (exact) mass is 339 g/mol. The Morgan fingerprint density at radius 3 is 2.38 bits per heavy atom. The van der Waals surface area contributed by atoms with Crippen molar-refractivity contribution in [3.63, 3.8) is 0 Å². The topological polar surface area (TPSA) is 22.1 Å². The Labute approximate surface area is 127 Å². The molecule has 0 aliphatic rings. The molecule has 0 radical (unpaired) electrons. The molecule has 8 heteroatoms. The van der Waals surface area contributed by atoms with Crippen LogP contribution in [-0.2, 0) is 12.3 Å². The highest BCUT2D eigenvalue weighted by atomic mass is 35.5.